The Hall–Kier alpha value is -2.54. The van der Waals surface area contributed by atoms with Gasteiger partial charge in [-0.3, -0.25) is 4.79 Å². The summed E-state index contributed by atoms with van der Waals surface area (Å²) >= 11 is 0. The average Bonchev–Trinajstić information content (AvgIpc) is 2.61. The van der Waals surface area contributed by atoms with Gasteiger partial charge in [0.1, 0.15) is 0 Å². The molecule has 142 valence electrons. The van der Waals surface area contributed by atoms with Gasteiger partial charge in [0.15, 0.2) is 11.3 Å². The number of aliphatic hydroxyl groups is 1. The SMILES string of the molecule is COc1ccc2c(C)c(CC(=O)NC(CO)C(C)C)c(=O)oc2c1OC. The Kier molecular flexibility index (Phi) is 6.26. The normalized spacial score (nSPS) is 12.3. The van der Waals surface area contributed by atoms with Gasteiger partial charge in [-0.1, -0.05) is 13.8 Å². The molecule has 0 aliphatic carbocycles. The molecule has 0 fully saturated rings. The second-order valence-electron chi connectivity index (χ2n) is 6.45. The molecule has 7 nitrogen and oxygen atoms in total. The van der Waals surface area contributed by atoms with Crippen LogP contribution in [0.25, 0.3) is 11.0 Å². The zero-order valence-corrected chi connectivity index (χ0v) is 15.7. The monoisotopic (exact) mass is 363 g/mol. The summed E-state index contributed by atoms with van der Waals surface area (Å²) in [5.74, 6) is 0.528. The number of carbonyl (C=O) groups excluding carboxylic acids is 1. The van der Waals surface area contributed by atoms with Crippen molar-refractivity contribution < 1.29 is 23.8 Å². The predicted molar refractivity (Wildman–Crippen MR) is 97.9 cm³/mol. The third kappa shape index (κ3) is 3.83. The Morgan fingerprint density at radius 2 is 1.96 bits per heavy atom. The predicted octanol–water partition coefficient (Wildman–Crippen LogP) is 1.79. The molecule has 1 heterocycles. The van der Waals surface area contributed by atoms with Crippen molar-refractivity contribution in [3.05, 3.63) is 33.7 Å². The fourth-order valence-electron chi connectivity index (χ4n) is 2.81. The number of fused-ring (bicyclic) bond motifs is 1. The molecule has 1 unspecified atom stereocenters. The molecule has 1 aromatic carbocycles. The highest BCUT2D eigenvalue weighted by atomic mass is 16.5. The highest BCUT2D eigenvalue weighted by molar-refractivity contribution is 5.89. The summed E-state index contributed by atoms with van der Waals surface area (Å²) in [4.78, 5) is 24.8. The third-order valence-electron chi connectivity index (χ3n) is 4.48. The van der Waals surface area contributed by atoms with E-state index in [0.29, 0.717) is 22.4 Å². The van der Waals surface area contributed by atoms with Crippen LogP contribution in [-0.4, -0.2) is 37.9 Å². The van der Waals surface area contributed by atoms with Gasteiger partial charge in [-0.25, -0.2) is 4.79 Å². The lowest BCUT2D eigenvalue weighted by Gasteiger charge is -2.20. The molecule has 26 heavy (non-hydrogen) atoms. The average molecular weight is 363 g/mol. The van der Waals surface area contributed by atoms with Gasteiger partial charge in [-0.15, -0.1) is 0 Å². The van der Waals surface area contributed by atoms with Crippen LogP contribution >= 0.6 is 0 Å². The number of carbonyl (C=O) groups is 1. The lowest BCUT2D eigenvalue weighted by molar-refractivity contribution is -0.121. The molecular weight excluding hydrogens is 338 g/mol. The van der Waals surface area contributed by atoms with Gasteiger partial charge >= 0.3 is 5.63 Å². The fourth-order valence-corrected chi connectivity index (χ4v) is 2.81. The topological polar surface area (TPSA) is 98.0 Å². The standard InChI is InChI=1S/C19H25NO6/c1-10(2)14(9-21)20-16(22)8-13-11(3)12-6-7-15(24-4)18(25-5)17(12)26-19(13)23/h6-7,10,14,21H,8-9H2,1-5H3,(H,20,22). The summed E-state index contributed by atoms with van der Waals surface area (Å²) in [6.45, 7) is 5.40. The second-order valence-corrected chi connectivity index (χ2v) is 6.45. The maximum absolute atomic E-state index is 12.5. The van der Waals surface area contributed by atoms with Crippen LogP contribution in [0, 0.1) is 12.8 Å². The van der Waals surface area contributed by atoms with Gasteiger partial charge in [0.05, 0.1) is 38.9 Å². The van der Waals surface area contributed by atoms with Crippen molar-refractivity contribution in [3.63, 3.8) is 0 Å². The highest BCUT2D eigenvalue weighted by Gasteiger charge is 2.21. The van der Waals surface area contributed by atoms with Crippen LogP contribution in [0.15, 0.2) is 21.3 Å². The maximum Gasteiger partial charge on any atom is 0.340 e. The maximum atomic E-state index is 12.5. The molecule has 0 bridgehead atoms. The molecule has 0 saturated carbocycles. The molecule has 2 aromatic rings. The molecule has 0 spiro atoms. The van der Waals surface area contributed by atoms with Crippen molar-refractivity contribution >= 4 is 16.9 Å². The first kappa shape index (κ1) is 19.8. The number of nitrogens with one attached hydrogen (secondary N) is 1. The van der Waals surface area contributed by atoms with Crippen molar-refractivity contribution in [2.45, 2.75) is 33.2 Å². The van der Waals surface area contributed by atoms with Crippen molar-refractivity contribution in [1.29, 1.82) is 0 Å². The summed E-state index contributed by atoms with van der Waals surface area (Å²) in [5.41, 5.74) is 0.621. The Morgan fingerprint density at radius 3 is 2.50 bits per heavy atom. The van der Waals surface area contributed by atoms with E-state index in [1.807, 2.05) is 13.8 Å². The molecule has 1 atom stereocenters. The van der Waals surface area contributed by atoms with Crippen LogP contribution in [-0.2, 0) is 11.2 Å². The summed E-state index contributed by atoms with van der Waals surface area (Å²) in [7, 11) is 2.97. The first-order valence-electron chi connectivity index (χ1n) is 8.41. The minimum absolute atomic E-state index is 0.0785. The summed E-state index contributed by atoms with van der Waals surface area (Å²) in [6, 6.07) is 3.12. The quantitative estimate of drug-likeness (QED) is 0.728. The number of hydrogen-bond acceptors (Lipinski definition) is 6. The van der Waals surface area contributed by atoms with Crippen molar-refractivity contribution in [3.8, 4) is 11.5 Å². The zero-order chi connectivity index (χ0) is 19.4. The number of rotatable bonds is 7. The number of benzene rings is 1. The van der Waals surface area contributed by atoms with Gasteiger partial charge < -0.3 is 24.3 Å². The van der Waals surface area contributed by atoms with E-state index in [4.69, 9.17) is 13.9 Å². The van der Waals surface area contributed by atoms with Crippen LogP contribution in [0.2, 0.25) is 0 Å². The molecule has 1 aromatic heterocycles. The van der Waals surface area contributed by atoms with E-state index in [9.17, 15) is 14.7 Å². The Bertz CT molecular complexity index is 855. The first-order valence-corrected chi connectivity index (χ1v) is 8.41. The van der Waals surface area contributed by atoms with E-state index < -0.39 is 5.63 Å². The van der Waals surface area contributed by atoms with E-state index >= 15 is 0 Å². The number of hydrogen-bond donors (Lipinski definition) is 2. The number of amides is 1. The number of aliphatic hydroxyl groups excluding tert-OH is 1. The van der Waals surface area contributed by atoms with Gasteiger partial charge in [0.2, 0.25) is 11.7 Å². The number of ether oxygens (including phenoxy) is 2. The van der Waals surface area contributed by atoms with Crippen LogP contribution in [0.1, 0.15) is 25.0 Å². The van der Waals surface area contributed by atoms with Crippen LogP contribution in [0.4, 0.5) is 0 Å². The second kappa shape index (κ2) is 8.23. The largest absolute Gasteiger partial charge is 0.493 e. The fraction of sp³-hybridized carbons (Fsp3) is 0.474. The van der Waals surface area contributed by atoms with Gasteiger partial charge in [0.25, 0.3) is 0 Å². The van der Waals surface area contributed by atoms with E-state index in [0.717, 1.165) is 0 Å². The van der Waals surface area contributed by atoms with Gasteiger partial charge in [-0.2, -0.15) is 0 Å². The lowest BCUT2D eigenvalue weighted by Crippen LogP contribution is -2.42. The number of aryl methyl sites for hydroxylation is 1. The zero-order valence-electron chi connectivity index (χ0n) is 15.7. The molecule has 0 aliphatic rings. The summed E-state index contributed by atoms with van der Waals surface area (Å²) in [5, 5.41) is 12.8. The highest BCUT2D eigenvalue weighted by Crippen LogP contribution is 2.36. The Balaban J connectivity index is 2.44. The van der Waals surface area contributed by atoms with Crippen molar-refractivity contribution in [2.75, 3.05) is 20.8 Å². The van der Waals surface area contributed by atoms with E-state index in [2.05, 4.69) is 5.32 Å². The Labute approximate surface area is 151 Å². The van der Waals surface area contributed by atoms with E-state index in [-0.39, 0.29) is 42.0 Å². The molecule has 7 heteroatoms. The summed E-state index contributed by atoms with van der Waals surface area (Å²) < 4.78 is 16.0. The Morgan fingerprint density at radius 1 is 1.27 bits per heavy atom. The molecule has 0 aliphatic heterocycles. The van der Waals surface area contributed by atoms with Crippen LogP contribution < -0.4 is 20.4 Å². The van der Waals surface area contributed by atoms with E-state index in [1.165, 1.54) is 14.2 Å². The summed E-state index contributed by atoms with van der Waals surface area (Å²) in [6.07, 6.45) is -0.123. The van der Waals surface area contributed by atoms with Crippen molar-refractivity contribution in [2.24, 2.45) is 5.92 Å². The molecule has 2 N–H and O–H groups in total. The first-order chi connectivity index (χ1) is 12.3. The molecule has 1 amide bonds. The molecular formula is C19H25NO6. The number of methoxy groups -OCH3 is 2. The van der Waals surface area contributed by atoms with Crippen molar-refractivity contribution in [1.82, 2.24) is 5.32 Å². The molecule has 0 radical (unpaired) electrons. The van der Waals surface area contributed by atoms with Gasteiger partial charge in [0, 0.05) is 5.39 Å². The van der Waals surface area contributed by atoms with Gasteiger partial charge in [-0.05, 0) is 30.5 Å². The minimum atomic E-state index is -0.596. The molecule has 2 rings (SSSR count). The lowest BCUT2D eigenvalue weighted by atomic mass is 10.0. The van der Waals surface area contributed by atoms with E-state index in [1.54, 1.807) is 19.1 Å². The third-order valence-corrected chi connectivity index (χ3v) is 4.48. The van der Waals surface area contributed by atoms with Crippen LogP contribution in [0.3, 0.4) is 0 Å². The van der Waals surface area contributed by atoms with Crippen LogP contribution in [0.5, 0.6) is 11.5 Å². The minimum Gasteiger partial charge on any atom is -0.493 e. The molecule has 0 saturated heterocycles. The smallest absolute Gasteiger partial charge is 0.340 e.